The topological polar surface area (TPSA) is 44.2 Å². The van der Waals surface area contributed by atoms with Crippen molar-refractivity contribution in [3.8, 4) is 0 Å². The predicted octanol–water partition coefficient (Wildman–Crippen LogP) is 1.77. The third-order valence-electron chi connectivity index (χ3n) is 1.63. The van der Waals surface area contributed by atoms with Gasteiger partial charge in [0.05, 0.1) is 23.0 Å². The van der Waals surface area contributed by atoms with Crippen molar-refractivity contribution in [3.05, 3.63) is 23.5 Å². The normalized spacial score (nSPS) is 10.8. The monoisotopic (exact) mass is 196 g/mol. The minimum Gasteiger partial charge on any atom is -0.240 e. The molecule has 0 atom stereocenters. The fourth-order valence-electron chi connectivity index (χ4n) is 1.06. The molecule has 0 amide bonds. The fraction of sp³-hybridized carbons (Fsp3) is 0.250. The van der Waals surface area contributed by atoms with Crippen LogP contribution in [-0.2, 0) is 16.4 Å². The van der Waals surface area contributed by atoms with E-state index in [9.17, 15) is 0 Å². The lowest BCUT2D eigenvalue weighted by molar-refractivity contribution is -0.282. The fourth-order valence-corrected chi connectivity index (χ4v) is 1.88. The Bertz CT molecular complexity index is 402. The van der Waals surface area contributed by atoms with E-state index in [1.807, 2.05) is 11.4 Å². The number of hydrogen-bond acceptors (Lipinski definition) is 5. The molecular weight excluding hydrogens is 188 g/mol. The molecule has 0 aliphatic heterocycles. The summed E-state index contributed by atoms with van der Waals surface area (Å²) >= 11 is 1.60. The lowest BCUT2D eigenvalue weighted by atomic mass is 10.4. The molecule has 0 saturated heterocycles. The van der Waals surface area contributed by atoms with Gasteiger partial charge in [0.1, 0.15) is 12.9 Å². The van der Waals surface area contributed by atoms with Crippen molar-refractivity contribution in [1.29, 1.82) is 0 Å². The van der Waals surface area contributed by atoms with Gasteiger partial charge >= 0.3 is 0 Å². The average Bonchev–Trinajstić information content (AvgIpc) is 2.62. The summed E-state index contributed by atoms with van der Waals surface area (Å²) in [6, 6.07) is 1.96. The highest BCUT2D eigenvalue weighted by atomic mass is 32.1. The molecule has 68 valence electrons. The van der Waals surface area contributed by atoms with E-state index in [4.69, 9.17) is 4.89 Å². The summed E-state index contributed by atoms with van der Waals surface area (Å²) in [6.45, 7) is 0.357. The minimum absolute atomic E-state index is 0.357. The SMILES string of the molecule is COOCc1ncnc2ccsc12. The molecular formula is C8H8N2O2S. The molecule has 2 heterocycles. The first-order valence-corrected chi connectivity index (χ1v) is 4.62. The zero-order chi connectivity index (χ0) is 9.10. The third-order valence-corrected chi connectivity index (χ3v) is 2.58. The van der Waals surface area contributed by atoms with Gasteiger partial charge in [0.2, 0.25) is 0 Å². The van der Waals surface area contributed by atoms with Crippen LogP contribution in [0.15, 0.2) is 17.8 Å². The first-order chi connectivity index (χ1) is 6.42. The molecule has 0 aromatic carbocycles. The van der Waals surface area contributed by atoms with Gasteiger partial charge in [-0.25, -0.2) is 19.7 Å². The van der Waals surface area contributed by atoms with Crippen LogP contribution in [0.3, 0.4) is 0 Å². The summed E-state index contributed by atoms with van der Waals surface area (Å²) in [4.78, 5) is 17.6. The van der Waals surface area contributed by atoms with E-state index < -0.39 is 0 Å². The Hall–Kier alpha value is -1.04. The Morgan fingerprint density at radius 1 is 1.46 bits per heavy atom. The number of rotatable bonds is 3. The van der Waals surface area contributed by atoms with Gasteiger partial charge in [0, 0.05) is 0 Å². The molecule has 2 aromatic rings. The van der Waals surface area contributed by atoms with E-state index in [2.05, 4.69) is 14.9 Å². The van der Waals surface area contributed by atoms with Crippen LogP contribution in [0.1, 0.15) is 5.69 Å². The Labute approximate surface area is 79.1 Å². The summed E-state index contributed by atoms with van der Waals surface area (Å²) < 4.78 is 1.06. The van der Waals surface area contributed by atoms with Gasteiger partial charge in [-0.15, -0.1) is 11.3 Å². The maximum absolute atomic E-state index is 4.81. The van der Waals surface area contributed by atoms with Gasteiger partial charge in [-0.1, -0.05) is 0 Å². The van der Waals surface area contributed by atoms with E-state index in [0.717, 1.165) is 15.9 Å². The summed E-state index contributed by atoms with van der Waals surface area (Å²) in [7, 11) is 1.48. The quantitative estimate of drug-likeness (QED) is 0.554. The first kappa shape index (κ1) is 8.55. The van der Waals surface area contributed by atoms with Gasteiger partial charge in [-0.05, 0) is 11.4 Å². The molecule has 0 N–H and O–H groups in total. The number of fused-ring (bicyclic) bond motifs is 1. The second kappa shape index (κ2) is 3.78. The molecule has 0 radical (unpaired) electrons. The highest BCUT2D eigenvalue weighted by Gasteiger charge is 2.04. The Morgan fingerprint density at radius 2 is 2.38 bits per heavy atom. The largest absolute Gasteiger partial charge is 0.240 e. The highest BCUT2D eigenvalue weighted by molar-refractivity contribution is 7.17. The van der Waals surface area contributed by atoms with Crippen LogP contribution in [0.4, 0.5) is 0 Å². The molecule has 0 aliphatic rings. The second-order valence-electron chi connectivity index (χ2n) is 2.38. The smallest absolute Gasteiger partial charge is 0.126 e. The van der Waals surface area contributed by atoms with Gasteiger partial charge in [0.15, 0.2) is 0 Å². The molecule has 0 fully saturated rings. The summed E-state index contributed by atoms with van der Waals surface area (Å²) in [5.74, 6) is 0. The molecule has 5 heteroatoms. The van der Waals surface area contributed by atoms with Crippen LogP contribution in [0.25, 0.3) is 10.2 Å². The van der Waals surface area contributed by atoms with Crippen LogP contribution in [0, 0.1) is 0 Å². The van der Waals surface area contributed by atoms with E-state index in [0.29, 0.717) is 6.61 Å². The summed E-state index contributed by atoms with van der Waals surface area (Å²) in [5.41, 5.74) is 1.82. The lowest BCUT2D eigenvalue weighted by Gasteiger charge is -1.99. The van der Waals surface area contributed by atoms with E-state index >= 15 is 0 Å². The Balaban J connectivity index is 2.37. The second-order valence-corrected chi connectivity index (χ2v) is 3.30. The van der Waals surface area contributed by atoms with Crippen LogP contribution in [0.2, 0.25) is 0 Å². The number of hydrogen-bond donors (Lipinski definition) is 0. The number of thiophene rings is 1. The standard InChI is InChI=1S/C8H8N2O2S/c1-11-12-4-7-8-6(2-3-13-8)9-5-10-7/h2-3,5H,4H2,1H3. The lowest BCUT2D eigenvalue weighted by Crippen LogP contribution is -1.95. The minimum atomic E-state index is 0.357. The van der Waals surface area contributed by atoms with Crippen LogP contribution < -0.4 is 0 Å². The molecule has 2 aromatic heterocycles. The van der Waals surface area contributed by atoms with Crippen molar-refractivity contribution in [1.82, 2.24) is 9.97 Å². The molecule has 13 heavy (non-hydrogen) atoms. The van der Waals surface area contributed by atoms with Crippen molar-refractivity contribution < 1.29 is 9.78 Å². The molecule has 0 saturated carbocycles. The molecule has 0 unspecified atom stereocenters. The van der Waals surface area contributed by atoms with Crippen molar-refractivity contribution in [2.75, 3.05) is 7.11 Å². The molecule has 0 aliphatic carbocycles. The third kappa shape index (κ3) is 1.67. The Kier molecular flexibility index (Phi) is 2.49. The van der Waals surface area contributed by atoms with Crippen LogP contribution >= 0.6 is 11.3 Å². The van der Waals surface area contributed by atoms with Crippen molar-refractivity contribution in [2.45, 2.75) is 6.61 Å². The highest BCUT2D eigenvalue weighted by Crippen LogP contribution is 2.21. The number of aromatic nitrogens is 2. The van der Waals surface area contributed by atoms with Gasteiger partial charge in [-0.2, -0.15) is 0 Å². The van der Waals surface area contributed by atoms with Crippen molar-refractivity contribution in [3.63, 3.8) is 0 Å². The molecule has 4 nitrogen and oxygen atoms in total. The summed E-state index contributed by atoms with van der Waals surface area (Å²) in [5, 5.41) is 1.98. The Morgan fingerprint density at radius 3 is 3.23 bits per heavy atom. The van der Waals surface area contributed by atoms with Crippen molar-refractivity contribution in [2.24, 2.45) is 0 Å². The zero-order valence-corrected chi connectivity index (χ0v) is 7.87. The average molecular weight is 196 g/mol. The number of nitrogens with zero attached hydrogens (tertiary/aromatic N) is 2. The van der Waals surface area contributed by atoms with Gasteiger partial charge in [0.25, 0.3) is 0 Å². The molecule has 0 bridgehead atoms. The van der Waals surface area contributed by atoms with Gasteiger partial charge in [-0.3, -0.25) is 0 Å². The zero-order valence-electron chi connectivity index (χ0n) is 7.06. The van der Waals surface area contributed by atoms with Crippen LogP contribution in [0.5, 0.6) is 0 Å². The summed E-state index contributed by atoms with van der Waals surface area (Å²) in [6.07, 6.45) is 1.53. The molecule has 0 spiro atoms. The first-order valence-electron chi connectivity index (χ1n) is 3.74. The van der Waals surface area contributed by atoms with Gasteiger partial charge < -0.3 is 0 Å². The van der Waals surface area contributed by atoms with Crippen LogP contribution in [-0.4, -0.2) is 17.1 Å². The maximum Gasteiger partial charge on any atom is 0.126 e. The van der Waals surface area contributed by atoms with E-state index in [1.165, 1.54) is 13.4 Å². The van der Waals surface area contributed by atoms with E-state index in [1.54, 1.807) is 11.3 Å². The maximum atomic E-state index is 4.81. The predicted molar refractivity (Wildman–Crippen MR) is 49.2 cm³/mol. The molecule has 2 rings (SSSR count). The van der Waals surface area contributed by atoms with E-state index in [-0.39, 0.29) is 0 Å². The van der Waals surface area contributed by atoms with Crippen molar-refractivity contribution >= 4 is 21.6 Å².